The average molecular weight is 491 g/mol. The molecule has 0 fully saturated rings. The van der Waals surface area contributed by atoms with Crippen LogP contribution < -0.4 is 10.6 Å². The van der Waals surface area contributed by atoms with Gasteiger partial charge in [-0.1, -0.05) is 53.5 Å². The highest BCUT2D eigenvalue weighted by Crippen LogP contribution is 2.34. The third-order valence-electron chi connectivity index (χ3n) is 4.53. The molecule has 1 aromatic heterocycles. The number of anilines is 1. The van der Waals surface area contributed by atoms with Crippen LogP contribution in [0.5, 0.6) is 0 Å². The summed E-state index contributed by atoms with van der Waals surface area (Å²) in [6.07, 6.45) is 0. The second-order valence-corrected chi connectivity index (χ2v) is 8.59. The Morgan fingerprint density at radius 1 is 1.03 bits per heavy atom. The predicted octanol–water partition coefficient (Wildman–Crippen LogP) is 5.72. The van der Waals surface area contributed by atoms with Crippen LogP contribution in [0.2, 0.25) is 10.0 Å². The Bertz CT molecular complexity index is 1160. The van der Waals surface area contributed by atoms with Crippen molar-refractivity contribution in [1.82, 2.24) is 5.32 Å². The SMILES string of the molecule is CCOC(=O)c1c(NC(=O)c2ccc(Cl)cc2Cl)sc(C(=O)NCc2ccccc2)c1C. The van der Waals surface area contributed by atoms with Crippen molar-refractivity contribution in [2.45, 2.75) is 20.4 Å². The van der Waals surface area contributed by atoms with Gasteiger partial charge in [0, 0.05) is 11.6 Å². The first-order chi connectivity index (χ1) is 15.3. The predicted molar refractivity (Wildman–Crippen MR) is 127 cm³/mol. The number of amides is 2. The third kappa shape index (κ3) is 5.48. The molecule has 166 valence electrons. The molecule has 3 rings (SSSR count). The summed E-state index contributed by atoms with van der Waals surface area (Å²) in [6.45, 7) is 3.80. The van der Waals surface area contributed by atoms with Gasteiger partial charge in [0.1, 0.15) is 5.00 Å². The van der Waals surface area contributed by atoms with Crippen LogP contribution in [-0.2, 0) is 11.3 Å². The molecule has 0 spiro atoms. The molecule has 0 radical (unpaired) electrons. The number of carbonyl (C=O) groups is 3. The first-order valence-corrected chi connectivity index (χ1v) is 11.3. The molecule has 0 saturated heterocycles. The van der Waals surface area contributed by atoms with Gasteiger partial charge < -0.3 is 15.4 Å². The second-order valence-electron chi connectivity index (χ2n) is 6.73. The van der Waals surface area contributed by atoms with Crippen molar-refractivity contribution in [2.24, 2.45) is 0 Å². The summed E-state index contributed by atoms with van der Waals surface area (Å²) in [5, 5.41) is 6.30. The van der Waals surface area contributed by atoms with E-state index in [9.17, 15) is 14.4 Å². The summed E-state index contributed by atoms with van der Waals surface area (Å²) >= 11 is 13.0. The first kappa shape index (κ1) is 23.8. The fraction of sp³-hybridized carbons (Fsp3) is 0.174. The topological polar surface area (TPSA) is 84.5 Å². The van der Waals surface area contributed by atoms with Gasteiger partial charge in [-0.3, -0.25) is 9.59 Å². The van der Waals surface area contributed by atoms with Gasteiger partial charge in [0.2, 0.25) is 0 Å². The molecule has 0 aliphatic carbocycles. The van der Waals surface area contributed by atoms with Gasteiger partial charge in [0.15, 0.2) is 0 Å². The Kier molecular flexibility index (Phi) is 7.90. The van der Waals surface area contributed by atoms with Gasteiger partial charge in [0.25, 0.3) is 11.8 Å². The van der Waals surface area contributed by atoms with Gasteiger partial charge in [-0.25, -0.2) is 4.79 Å². The normalized spacial score (nSPS) is 10.5. The molecule has 0 atom stereocenters. The number of hydrogen-bond acceptors (Lipinski definition) is 5. The van der Waals surface area contributed by atoms with Gasteiger partial charge in [0.05, 0.1) is 27.6 Å². The zero-order chi connectivity index (χ0) is 23.3. The van der Waals surface area contributed by atoms with Crippen molar-refractivity contribution in [2.75, 3.05) is 11.9 Å². The van der Waals surface area contributed by atoms with E-state index >= 15 is 0 Å². The summed E-state index contributed by atoms with van der Waals surface area (Å²) in [5.41, 5.74) is 1.69. The third-order valence-corrected chi connectivity index (χ3v) is 6.29. The molecule has 6 nitrogen and oxygen atoms in total. The minimum absolute atomic E-state index is 0.139. The maximum absolute atomic E-state index is 12.8. The van der Waals surface area contributed by atoms with Crippen LogP contribution in [0.25, 0.3) is 0 Å². The Hall–Kier alpha value is -2.87. The van der Waals surface area contributed by atoms with Gasteiger partial charge in [-0.15, -0.1) is 11.3 Å². The summed E-state index contributed by atoms with van der Waals surface area (Å²) in [6, 6.07) is 13.9. The number of halogens is 2. The number of benzene rings is 2. The highest BCUT2D eigenvalue weighted by atomic mass is 35.5. The molecular weight excluding hydrogens is 471 g/mol. The van der Waals surface area contributed by atoms with Crippen molar-refractivity contribution >= 4 is 57.3 Å². The summed E-state index contributed by atoms with van der Waals surface area (Å²) < 4.78 is 5.14. The maximum atomic E-state index is 12.8. The van der Waals surface area contributed by atoms with E-state index in [1.807, 2.05) is 30.3 Å². The average Bonchev–Trinajstić information content (AvgIpc) is 3.08. The van der Waals surface area contributed by atoms with Crippen molar-refractivity contribution in [3.8, 4) is 0 Å². The standard InChI is InChI=1S/C23H20Cl2N2O4S/c1-3-31-23(30)18-13(2)19(21(29)26-12-14-7-5-4-6-8-14)32-22(18)27-20(28)16-10-9-15(24)11-17(16)25/h4-11H,3,12H2,1-2H3,(H,26,29)(H,27,28). The molecule has 3 aromatic rings. The molecule has 0 aliphatic rings. The number of hydrogen-bond donors (Lipinski definition) is 2. The van der Waals surface area contributed by atoms with Crippen molar-refractivity contribution in [3.63, 3.8) is 0 Å². The lowest BCUT2D eigenvalue weighted by Crippen LogP contribution is -2.22. The molecule has 2 N–H and O–H groups in total. The molecule has 0 unspecified atom stereocenters. The van der Waals surface area contributed by atoms with E-state index in [4.69, 9.17) is 27.9 Å². The molecule has 9 heteroatoms. The van der Waals surface area contributed by atoms with Crippen molar-refractivity contribution in [1.29, 1.82) is 0 Å². The van der Waals surface area contributed by atoms with E-state index in [-0.39, 0.29) is 33.7 Å². The lowest BCUT2D eigenvalue weighted by Gasteiger charge is -2.08. The van der Waals surface area contributed by atoms with E-state index in [1.165, 1.54) is 18.2 Å². The zero-order valence-electron chi connectivity index (χ0n) is 17.3. The van der Waals surface area contributed by atoms with Crippen LogP contribution in [0.4, 0.5) is 5.00 Å². The van der Waals surface area contributed by atoms with Gasteiger partial charge in [-0.05, 0) is 43.2 Å². The number of thiophene rings is 1. The Balaban J connectivity index is 1.89. The van der Waals surface area contributed by atoms with Crippen LogP contribution in [0, 0.1) is 6.92 Å². The fourth-order valence-electron chi connectivity index (χ4n) is 2.97. The molecular formula is C23H20Cl2N2O4S. The summed E-state index contributed by atoms with van der Waals surface area (Å²) in [5.74, 6) is -1.51. The van der Waals surface area contributed by atoms with Crippen LogP contribution in [0.3, 0.4) is 0 Å². The zero-order valence-corrected chi connectivity index (χ0v) is 19.7. The molecule has 32 heavy (non-hydrogen) atoms. The Morgan fingerprint density at radius 2 is 1.75 bits per heavy atom. The lowest BCUT2D eigenvalue weighted by atomic mass is 10.1. The second kappa shape index (κ2) is 10.6. The number of ether oxygens (including phenoxy) is 1. The molecule has 2 aromatic carbocycles. The number of rotatable bonds is 7. The molecule has 0 aliphatic heterocycles. The minimum Gasteiger partial charge on any atom is -0.462 e. The van der Waals surface area contributed by atoms with Crippen LogP contribution in [-0.4, -0.2) is 24.4 Å². The highest BCUT2D eigenvalue weighted by molar-refractivity contribution is 7.18. The smallest absolute Gasteiger partial charge is 0.341 e. The van der Waals surface area contributed by atoms with Crippen molar-refractivity contribution < 1.29 is 19.1 Å². The molecule has 0 saturated carbocycles. The summed E-state index contributed by atoms with van der Waals surface area (Å²) in [7, 11) is 0. The molecule has 0 bridgehead atoms. The fourth-order valence-corrected chi connectivity index (χ4v) is 4.57. The van der Waals surface area contributed by atoms with Crippen molar-refractivity contribution in [3.05, 3.63) is 85.7 Å². The van der Waals surface area contributed by atoms with E-state index < -0.39 is 11.9 Å². The van der Waals surface area contributed by atoms with E-state index in [0.717, 1.165) is 16.9 Å². The minimum atomic E-state index is -0.624. The quantitative estimate of drug-likeness (QED) is 0.414. The van der Waals surface area contributed by atoms with E-state index in [0.29, 0.717) is 22.0 Å². The molecule has 2 amide bonds. The van der Waals surface area contributed by atoms with E-state index in [2.05, 4.69) is 10.6 Å². The lowest BCUT2D eigenvalue weighted by molar-refractivity contribution is 0.0527. The summed E-state index contributed by atoms with van der Waals surface area (Å²) in [4.78, 5) is 38.5. The van der Waals surface area contributed by atoms with Gasteiger partial charge in [-0.2, -0.15) is 0 Å². The van der Waals surface area contributed by atoms with Crippen LogP contribution in [0.15, 0.2) is 48.5 Å². The Labute approximate surface area is 199 Å². The van der Waals surface area contributed by atoms with Crippen LogP contribution in [0.1, 0.15) is 48.4 Å². The highest BCUT2D eigenvalue weighted by Gasteiger charge is 2.27. The first-order valence-electron chi connectivity index (χ1n) is 9.70. The monoisotopic (exact) mass is 490 g/mol. The Morgan fingerprint density at radius 3 is 2.41 bits per heavy atom. The largest absolute Gasteiger partial charge is 0.462 e. The number of carbonyl (C=O) groups excluding carboxylic acids is 3. The van der Waals surface area contributed by atoms with E-state index in [1.54, 1.807) is 13.8 Å². The van der Waals surface area contributed by atoms with Crippen LogP contribution >= 0.6 is 34.5 Å². The number of esters is 1. The maximum Gasteiger partial charge on any atom is 0.341 e. The molecule has 1 heterocycles. The number of nitrogens with one attached hydrogen (secondary N) is 2. The van der Waals surface area contributed by atoms with Gasteiger partial charge >= 0.3 is 5.97 Å².